The van der Waals surface area contributed by atoms with Crippen molar-refractivity contribution in [3.63, 3.8) is 0 Å². The van der Waals surface area contributed by atoms with Gasteiger partial charge in [-0.15, -0.1) is 0 Å². The number of carbonyl (C=O) groups excluding carboxylic acids is 1. The van der Waals surface area contributed by atoms with Crippen LogP contribution in [0.15, 0.2) is 30.5 Å². The van der Waals surface area contributed by atoms with E-state index in [1.165, 1.54) is 0 Å². The number of aromatic amines is 1. The number of nitriles is 1. The summed E-state index contributed by atoms with van der Waals surface area (Å²) in [6, 6.07) is 9.58. The Morgan fingerprint density at radius 3 is 2.94 bits per heavy atom. The van der Waals surface area contributed by atoms with Gasteiger partial charge in [0.2, 0.25) is 0 Å². The number of nitrogens with one attached hydrogen (secondary N) is 2. The predicted molar refractivity (Wildman–Crippen MR) is 70.0 cm³/mol. The number of nitrogens with zero attached hydrogens (tertiary/aromatic N) is 1. The molecule has 0 aliphatic carbocycles. The second kappa shape index (κ2) is 4.53. The zero-order valence-corrected chi connectivity index (χ0v) is 10.4. The van der Waals surface area contributed by atoms with Gasteiger partial charge in [-0.2, -0.15) is 5.26 Å². The Hall–Kier alpha value is -2.28. The van der Waals surface area contributed by atoms with E-state index < -0.39 is 5.41 Å². The van der Waals surface area contributed by atoms with Crippen LogP contribution in [0.2, 0.25) is 0 Å². The zero-order valence-electron chi connectivity index (χ0n) is 10.4. The summed E-state index contributed by atoms with van der Waals surface area (Å²) in [6.45, 7) is 3.93. The Morgan fingerprint density at radius 2 is 2.22 bits per heavy atom. The molecule has 0 fully saturated rings. The molecule has 4 nitrogen and oxygen atoms in total. The highest BCUT2D eigenvalue weighted by Crippen LogP contribution is 2.18. The van der Waals surface area contributed by atoms with Gasteiger partial charge in [-0.3, -0.25) is 4.79 Å². The molecule has 1 aromatic heterocycles. The lowest BCUT2D eigenvalue weighted by Crippen LogP contribution is -2.33. The van der Waals surface area contributed by atoms with Crippen molar-refractivity contribution in [3.8, 4) is 6.07 Å². The van der Waals surface area contributed by atoms with Crippen molar-refractivity contribution < 1.29 is 4.79 Å². The Balaban J connectivity index is 2.20. The molecular weight excluding hydrogens is 226 g/mol. The van der Waals surface area contributed by atoms with Crippen LogP contribution in [0.5, 0.6) is 0 Å². The molecule has 0 unspecified atom stereocenters. The molecule has 0 spiro atoms. The highest BCUT2D eigenvalue weighted by molar-refractivity contribution is 6.06. The fourth-order valence-corrected chi connectivity index (χ4v) is 1.72. The Bertz CT molecular complexity index is 619. The van der Waals surface area contributed by atoms with Crippen molar-refractivity contribution in [2.45, 2.75) is 13.8 Å². The van der Waals surface area contributed by atoms with Crippen LogP contribution in [0.4, 0.5) is 0 Å². The first-order valence-corrected chi connectivity index (χ1v) is 5.79. The number of carbonyl (C=O) groups is 1. The third-order valence-electron chi connectivity index (χ3n) is 2.83. The van der Waals surface area contributed by atoms with E-state index in [1.54, 1.807) is 26.1 Å². The van der Waals surface area contributed by atoms with Gasteiger partial charge < -0.3 is 10.3 Å². The highest BCUT2D eigenvalue weighted by Gasteiger charge is 2.19. The third kappa shape index (κ3) is 2.35. The molecule has 0 saturated carbocycles. The van der Waals surface area contributed by atoms with Crippen LogP contribution in [-0.4, -0.2) is 17.4 Å². The van der Waals surface area contributed by atoms with E-state index in [0.717, 1.165) is 10.9 Å². The molecule has 1 aromatic carbocycles. The highest BCUT2D eigenvalue weighted by atomic mass is 16.1. The lowest BCUT2D eigenvalue weighted by Gasteiger charge is -2.16. The SMILES string of the molecule is CC(C)(C#N)CNC(=O)c1cccc2[nH]ccc12. The molecule has 0 radical (unpaired) electrons. The van der Waals surface area contributed by atoms with E-state index in [1.807, 2.05) is 18.2 Å². The summed E-state index contributed by atoms with van der Waals surface area (Å²) in [5, 5.41) is 12.6. The van der Waals surface area contributed by atoms with Crippen LogP contribution in [0.1, 0.15) is 24.2 Å². The standard InChI is InChI=1S/C14H15N3O/c1-14(2,8-15)9-17-13(18)11-4-3-5-12-10(11)6-7-16-12/h3-7,16H,9H2,1-2H3,(H,17,18). The number of rotatable bonds is 3. The molecule has 0 atom stereocenters. The summed E-state index contributed by atoms with van der Waals surface area (Å²) in [4.78, 5) is 15.2. The van der Waals surface area contributed by atoms with Crippen LogP contribution in [0, 0.1) is 16.7 Å². The van der Waals surface area contributed by atoms with Gasteiger partial charge in [0.25, 0.3) is 5.91 Å². The van der Waals surface area contributed by atoms with E-state index in [4.69, 9.17) is 5.26 Å². The van der Waals surface area contributed by atoms with Crippen LogP contribution in [-0.2, 0) is 0 Å². The van der Waals surface area contributed by atoms with Gasteiger partial charge in [0.05, 0.1) is 11.5 Å². The molecule has 0 aliphatic rings. The van der Waals surface area contributed by atoms with Gasteiger partial charge in [0, 0.05) is 29.2 Å². The van der Waals surface area contributed by atoms with Crippen LogP contribution < -0.4 is 5.32 Å². The number of hydrogen-bond donors (Lipinski definition) is 2. The number of H-pyrrole nitrogens is 1. The monoisotopic (exact) mass is 241 g/mol. The maximum Gasteiger partial charge on any atom is 0.252 e. The van der Waals surface area contributed by atoms with E-state index in [9.17, 15) is 4.79 Å². The molecule has 2 aromatic rings. The van der Waals surface area contributed by atoms with Crippen molar-refractivity contribution in [1.82, 2.24) is 10.3 Å². The number of amides is 1. The average molecular weight is 241 g/mol. The van der Waals surface area contributed by atoms with Crippen molar-refractivity contribution in [1.29, 1.82) is 5.26 Å². The number of hydrogen-bond acceptors (Lipinski definition) is 2. The van der Waals surface area contributed by atoms with Crippen LogP contribution in [0.25, 0.3) is 10.9 Å². The van der Waals surface area contributed by atoms with Crippen molar-refractivity contribution in [3.05, 3.63) is 36.0 Å². The fraction of sp³-hybridized carbons (Fsp3) is 0.286. The van der Waals surface area contributed by atoms with Crippen molar-refractivity contribution in [2.24, 2.45) is 5.41 Å². The number of benzene rings is 1. The van der Waals surface area contributed by atoms with Gasteiger partial charge in [-0.25, -0.2) is 0 Å². The Morgan fingerprint density at radius 1 is 1.44 bits per heavy atom. The summed E-state index contributed by atoms with van der Waals surface area (Å²) < 4.78 is 0. The normalized spacial score (nSPS) is 11.2. The van der Waals surface area contributed by atoms with Crippen LogP contribution in [0.3, 0.4) is 0 Å². The third-order valence-corrected chi connectivity index (χ3v) is 2.83. The zero-order chi connectivity index (χ0) is 13.2. The number of aromatic nitrogens is 1. The lowest BCUT2D eigenvalue weighted by molar-refractivity contribution is 0.0945. The van der Waals surface area contributed by atoms with Gasteiger partial charge in [-0.05, 0) is 32.0 Å². The van der Waals surface area contributed by atoms with E-state index in [2.05, 4.69) is 16.4 Å². The molecule has 1 amide bonds. The number of fused-ring (bicyclic) bond motifs is 1. The second-order valence-corrected chi connectivity index (χ2v) is 4.92. The first kappa shape index (κ1) is 12.2. The molecular formula is C14H15N3O. The smallest absolute Gasteiger partial charge is 0.252 e. The average Bonchev–Trinajstić information content (AvgIpc) is 2.84. The topological polar surface area (TPSA) is 68.7 Å². The van der Waals surface area contributed by atoms with Crippen molar-refractivity contribution in [2.75, 3.05) is 6.54 Å². The molecule has 0 saturated heterocycles. The van der Waals surface area contributed by atoms with E-state index in [0.29, 0.717) is 12.1 Å². The van der Waals surface area contributed by atoms with E-state index >= 15 is 0 Å². The van der Waals surface area contributed by atoms with Crippen LogP contribution >= 0.6 is 0 Å². The Kier molecular flexibility index (Phi) is 3.07. The molecule has 0 bridgehead atoms. The van der Waals surface area contributed by atoms with Gasteiger partial charge in [0.1, 0.15) is 0 Å². The van der Waals surface area contributed by atoms with E-state index in [-0.39, 0.29) is 5.91 Å². The minimum atomic E-state index is -0.554. The predicted octanol–water partition coefficient (Wildman–Crippen LogP) is 2.45. The minimum absolute atomic E-state index is 0.150. The minimum Gasteiger partial charge on any atom is -0.361 e. The first-order valence-electron chi connectivity index (χ1n) is 5.79. The largest absolute Gasteiger partial charge is 0.361 e. The van der Waals surface area contributed by atoms with Gasteiger partial charge in [-0.1, -0.05) is 6.07 Å². The summed E-state index contributed by atoms with van der Waals surface area (Å²) in [5.74, 6) is -0.150. The molecule has 4 heteroatoms. The molecule has 18 heavy (non-hydrogen) atoms. The maximum atomic E-state index is 12.1. The van der Waals surface area contributed by atoms with Crippen molar-refractivity contribution >= 4 is 16.8 Å². The molecule has 0 aliphatic heterocycles. The molecule has 2 N–H and O–H groups in total. The fourth-order valence-electron chi connectivity index (χ4n) is 1.72. The van der Waals surface area contributed by atoms with Gasteiger partial charge in [0.15, 0.2) is 0 Å². The van der Waals surface area contributed by atoms with Gasteiger partial charge >= 0.3 is 0 Å². The molecule has 2 rings (SSSR count). The summed E-state index contributed by atoms with van der Waals surface area (Å²) in [7, 11) is 0. The summed E-state index contributed by atoms with van der Waals surface area (Å²) >= 11 is 0. The quantitative estimate of drug-likeness (QED) is 0.866. The Labute approximate surface area is 106 Å². The lowest BCUT2D eigenvalue weighted by atomic mass is 9.96. The summed E-state index contributed by atoms with van der Waals surface area (Å²) in [6.07, 6.45) is 1.81. The first-order chi connectivity index (χ1) is 8.53. The maximum absolute atomic E-state index is 12.1. The second-order valence-electron chi connectivity index (χ2n) is 4.92. The molecule has 92 valence electrons. The molecule has 1 heterocycles. The summed E-state index contributed by atoms with van der Waals surface area (Å²) in [5.41, 5.74) is 1.01.